The van der Waals surface area contributed by atoms with E-state index in [0.717, 1.165) is 5.39 Å². The number of aromatic hydroxyl groups is 1. The predicted molar refractivity (Wildman–Crippen MR) is 48.5 cm³/mol. The quantitative estimate of drug-likeness (QED) is 0.703. The second-order valence-electron chi connectivity index (χ2n) is 3.05. The molecule has 1 unspecified atom stereocenters. The van der Waals surface area contributed by atoms with Crippen LogP contribution in [0, 0.1) is 0 Å². The van der Waals surface area contributed by atoms with E-state index < -0.39 is 6.10 Å². The van der Waals surface area contributed by atoms with Crippen LogP contribution in [0.25, 0.3) is 11.0 Å². The first-order valence-electron chi connectivity index (χ1n) is 4.06. The molecule has 0 spiro atoms. The van der Waals surface area contributed by atoms with Crippen molar-refractivity contribution in [1.82, 2.24) is 0 Å². The molecule has 0 aliphatic heterocycles. The standard InChI is InChI=1S/C10H10O3/c1-6(11)9-5-13-10-3-2-7(12)4-8(9)10/h2-6,11-12H,1H3. The number of hydrogen-bond acceptors (Lipinski definition) is 3. The number of furan rings is 1. The van der Waals surface area contributed by atoms with Gasteiger partial charge in [-0.1, -0.05) is 0 Å². The van der Waals surface area contributed by atoms with Crippen LogP contribution < -0.4 is 0 Å². The van der Waals surface area contributed by atoms with Crippen molar-refractivity contribution in [2.24, 2.45) is 0 Å². The Morgan fingerprint density at radius 3 is 2.85 bits per heavy atom. The van der Waals surface area contributed by atoms with Gasteiger partial charge in [-0.25, -0.2) is 0 Å². The zero-order valence-electron chi connectivity index (χ0n) is 7.19. The zero-order valence-corrected chi connectivity index (χ0v) is 7.19. The molecule has 2 rings (SSSR count). The van der Waals surface area contributed by atoms with Gasteiger partial charge in [-0.05, 0) is 25.1 Å². The van der Waals surface area contributed by atoms with E-state index in [1.54, 1.807) is 25.1 Å². The average Bonchev–Trinajstić information content (AvgIpc) is 2.46. The van der Waals surface area contributed by atoms with Crippen LogP contribution in [0.5, 0.6) is 5.75 Å². The van der Waals surface area contributed by atoms with Gasteiger partial charge in [0.2, 0.25) is 0 Å². The van der Waals surface area contributed by atoms with E-state index in [1.807, 2.05) is 0 Å². The SMILES string of the molecule is CC(O)c1coc2ccc(O)cc12. The van der Waals surface area contributed by atoms with Crippen molar-refractivity contribution in [2.45, 2.75) is 13.0 Å². The molecule has 0 saturated heterocycles. The van der Waals surface area contributed by atoms with Crippen molar-refractivity contribution in [3.05, 3.63) is 30.0 Å². The lowest BCUT2D eigenvalue weighted by Crippen LogP contribution is -1.87. The molecule has 3 heteroatoms. The molecule has 0 amide bonds. The number of aliphatic hydroxyl groups excluding tert-OH is 1. The fraction of sp³-hybridized carbons (Fsp3) is 0.200. The smallest absolute Gasteiger partial charge is 0.134 e. The highest BCUT2D eigenvalue weighted by Gasteiger charge is 2.10. The van der Waals surface area contributed by atoms with Gasteiger partial charge in [-0.3, -0.25) is 0 Å². The summed E-state index contributed by atoms with van der Waals surface area (Å²) in [6.45, 7) is 1.66. The molecule has 2 N–H and O–H groups in total. The van der Waals surface area contributed by atoms with E-state index in [1.165, 1.54) is 6.26 Å². The van der Waals surface area contributed by atoms with Gasteiger partial charge in [0.15, 0.2) is 0 Å². The molecule has 13 heavy (non-hydrogen) atoms. The van der Waals surface area contributed by atoms with Crippen LogP contribution in [0.3, 0.4) is 0 Å². The Morgan fingerprint density at radius 1 is 1.38 bits per heavy atom. The summed E-state index contributed by atoms with van der Waals surface area (Å²) < 4.78 is 5.19. The molecule has 2 aromatic rings. The number of benzene rings is 1. The van der Waals surface area contributed by atoms with Gasteiger partial charge in [0.25, 0.3) is 0 Å². The third kappa shape index (κ3) is 1.27. The van der Waals surface area contributed by atoms with Crippen molar-refractivity contribution in [3.63, 3.8) is 0 Å². The summed E-state index contributed by atoms with van der Waals surface area (Å²) >= 11 is 0. The summed E-state index contributed by atoms with van der Waals surface area (Å²) in [7, 11) is 0. The number of aliphatic hydroxyl groups is 1. The highest BCUT2D eigenvalue weighted by molar-refractivity contribution is 5.82. The third-order valence-corrected chi connectivity index (χ3v) is 2.04. The Morgan fingerprint density at radius 2 is 2.15 bits per heavy atom. The van der Waals surface area contributed by atoms with Crippen molar-refractivity contribution in [3.8, 4) is 5.75 Å². The van der Waals surface area contributed by atoms with Gasteiger partial charge in [0, 0.05) is 10.9 Å². The molecular weight excluding hydrogens is 168 g/mol. The average molecular weight is 178 g/mol. The molecule has 0 aliphatic rings. The van der Waals surface area contributed by atoms with Crippen LogP contribution in [-0.2, 0) is 0 Å². The summed E-state index contributed by atoms with van der Waals surface area (Å²) in [4.78, 5) is 0. The van der Waals surface area contributed by atoms with Crippen LogP contribution in [0.4, 0.5) is 0 Å². The van der Waals surface area contributed by atoms with Gasteiger partial charge in [-0.15, -0.1) is 0 Å². The van der Waals surface area contributed by atoms with Gasteiger partial charge in [-0.2, -0.15) is 0 Å². The predicted octanol–water partition coefficient (Wildman–Crippen LogP) is 2.19. The van der Waals surface area contributed by atoms with Crippen molar-refractivity contribution < 1.29 is 14.6 Å². The Balaban J connectivity index is 2.71. The maximum Gasteiger partial charge on any atom is 0.134 e. The largest absolute Gasteiger partial charge is 0.508 e. The lowest BCUT2D eigenvalue weighted by molar-refractivity contribution is 0.199. The zero-order chi connectivity index (χ0) is 9.42. The molecule has 0 aliphatic carbocycles. The van der Waals surface area contributed by atoms with Crippen molar-refractivity contribution in [2.75, 3.05) is 0 Å². The molecular formula is C10H10O3. The minimum atomic E-state index is -0.581. The monoisotopic (exact) mass is 178 g/mol. The highest BCUT2D eigenvalue weighted by Crippen LogP contribution is 2.28. The van der Waals surface area contributed by atoms with Crippen LogP contribution in [0.2, 0.25) is 0 Å². The molecule has 0 radical (unpaired) electrons. The lowest BCUT2D eigenvalue weighted by atomic mass is 10.1. The van der Waals surface area contributed by atoms with Crippen LogP contribution in [-0.4, -0.2) is 10.2 Å². The molecule has 0 bridgehead atoms. The number of phenols is 1. The Kier molecular flexibility index (Phi) is 1.74. The molecule has 68 valence electrons. The Bertz CT molecular complexity index is 429. The molecule has 1 aromatic heterocycles. The van der Waals surface area contributed by atoms with E-state index in [9.17, 15) is 10.2 Å². The van der Waals surface area contributed by atoms with Crippen molar-refractivity contribution in [1.29, 1.82) is 0 Å². The first-order chi connectivity index (χ1) is 6.18. The summed E-state index contributed by atoms with van der Waals surface area (Å²) in [6.07, 6.45) is 0.928. The van der Waals surface area contributed by atoms with E-state index in [0.29, 0.717) is 11.1 Å². The Hall–Kier alpha value is -1.48. The molecule has 1 aromatic carbocycles. The fourth-order valence-corrected chi connectivity index (χ4v) is 1.36. The van der Waals surface area contributed by atoms with Crippen molar-refractivity contribution >= 4 is 11.0 Å². The van der Waals surface area contributed by atoms with E-state index in [-0.39, 0.29) is 5.75 Å². The highest BCUT2D eigenvalue weighted by atomic mass is 16.3. The van der Waals surface area contributed by atoms with Gasteiger partial charge in [0.1, 0.15) is 11.3 Å². The van der Waals surface area contributed by atoms with E-state index in [4.69, 9.17) is 4.42 Å². The van der Waals surface area contributed by atoms with E-state index in [2.05, 4.69) is 0 Å². The molecule has 3 nitrogen and oxygen atoms in total. The number of rotatable bonds is 1. The summed E-state index contributed by atoms with van der Waals surface area (Å²) in [6, 6.07) is 4.81. The number of phenolic OH excluding ortho intramolecular Hbond substituents is 1. The summed E-state index contributed by atoms with van der Waals surface area (Å²) in [5, 5.41) is 19.4. The maximum absolute atomic E-state index is 9.36. The lowest BCUT2D eigenvalue weighted by Gasteiger charge is -1.99. The maximum atomic E-state index is 9.36. The van der Waals surface area contributed by atoms with Gasteiger partial charge >= 0.3 is 0 Å². The second-order valence-corrected chi connectivity index (χ2v) is 3.05. The van der Waals surface area contributed by atoms with Crippen LogP contribution in [0.15, 0.2) is 28.9 Å². The minimum absolute atomic E-state index is 0.177. The Labute approximate surface area is 75.2 Å². The summed E-state index contributed by atoms with van der Waals surface area (Å²) in [5.41, 5.74) is 1.37. The normalized spacial score (nSPS) is 13.4. The summed E-state index contributed by atoms with van der Waals surface area (Å²) in [5.74, 6) is 0.177. The van der Waals surface area contributed by atoms with Gasteiger partial charge in [0.05, 0.1) is 12.4 Å². The van der Waals surface area contributed by atoms with Crippen LogP contribution in [0.1, 0.15) is 18.6 Å². The second kappa shape index (κ2) is 2.78. The molecule has 0 fully saturated rings. The minimum Gasteiger partial charge on any atom is -0.508 e. The first-order valence-corrected chi connectivity index (χ1v) is 4.06. The molecule has 1 atom stereocenters. The molecule has 0 saturated carbocycles. The number of hydrogen-bond donors (Lipinski definition) is 2. The third-order valence-electron chi connectivity index (χ3n) is 2.04. The number of fused-ring (bicyclic) bond motifs is 1. The molecule has 1 heterocycles. The first kappa shape index (κ1) is 8.13. The van der Waals surface area contributed by atoms with E-state index >= 15 is 0 Å². The van der Waals surface area contributed by atoms with Crippen LogP contribution >= 0.6 is 0 Å². The van der Waals surface area contributed by atoms with Gasteiger partial charge < -0.3 is 14.6 Å². The topological polar surface area (TPSA) is 53.6 Å². The fourth-order valence-electron chi connectivity index (χ4n) is 1.36.